The summed E-state index contributed by atoms with van der Waals surface area (Å²) in [6.45, 7) is 6.76. The molecule has 0 radical (unpaired) electrons. The number of hydrogen-bond acceptors (Lipinski definition) is 7. The maximum absolute atomic E-state index is 13.7. The number of ether oxygens (including phenoxy) is 2. The molecule has 11 nitrogen and oxygen atoms in total. The third kappa shape index (κ3) is 9.59. The molecule has 3 atom stereocenters. The average Bonchev–Trinajstić information content (AvgIpc) is 3.32. The van der Waals surface area contributed by atoms with Crippen LogP contribution < -0.4 is 16.0 Å². The van der Waals surface area contributed by atoms with Crippen molar-refractivity contribution in [3.8, 4) is 0 Å². The number of amides is 4. The molecule has 12 heteroatoms. The predicted octanol–water partition coefficient (Wildman–Crippen LogP) is 4.50. The summed E-state index contributed by atoms with van der Waals surface area (Å²) < 4.78 is 10.4. The lowest BCUT2D eigenvalue weighted by molar-refractivity contribution is -0.146. The zero-order chi connectivity index (χ0) is 33.5. The van der Waals surface area contributed by atoms with Crippen LogP contribution in [0.25, 0.3) is 0 Å². The molecule has 1 aromatic carbocycles. The van der Waals surface area contributed by atoms with Crippen LogP contribution in [0, 0.1) is 17.3 Å². The minimum Gasteiger partial charge on any atom is -0.467 e. The van der Waals surface area contributed by atoms with E-state index >= 15 is 0 Å². The molecule has 2 aliphatic heterocycles. The Morgan fingerprint density at radius 1 is 1.04 bits per heavy atom. The van der Waals surface area contributed by atoms with Gasteiger partial charge < -0.3 is 30.3 Å². The summed E-state index contributed by atoms with van der Waals surface area (Å²) in [5.41, 5.74) is -0.228. The molecule has 46 heavy (non-hydrogen) atoms. The molecule has 4 amide bonds. The Bertz CT molecular complexity index is 1270. The van der Waals surface area contributed by atoms with E-state index in [1.807, 2.05) is 25.7 Å². The Balaban J connectivity index is 1.39. The van der Waals surface area contributed by atoms with Crippen molar-refractivity contribution in [2.24, 2.45) is 17.3 Å². The smallest absolute Gasteiger partial charge is 0.408 e. The van der Waals surface area contributed by atoms with Crippen LogP contribution in [-0.4, -0.2) is 72.5 Å². The van der Waals surface area contributed by atoms with Crippen LogP contribution in [0.2, 0.25) is 5.02 Å². The van der Waals surface area contributed by atoms with Gasteiger partial charge in [-0.25, -0.2) is 9.59 Å². The molecule has 1 aliphatic carbocycles. The van der Waals surface area contributed by atoms with Crippen LogP contribution in [0.4, 0.5) is 4.79 Å². The summed E-state index contributed by atoms with van der Waals surface area (Å²) >= 11 is 6.04. The molecule has 2 heterocycles. The maximum Gasteiger partial charge on any atom is 0.408 e. The van der Waals surface area contributed by atoms with E-state index in [0.29, 0.717) is 49.4 Å². The highest BCUT2D eigenvalue weighted by molar-refractivity contribution is 6.30. The molecule has 1 saturated carbocycles. The van der Waals surface area contributed by atoms with Gasteiger partial charge >= 0.3 is 12.1 Å². The van der Waals surface area contributed by atoms with Crippen LogP contribution in [-0.2, 0) is 35.3 Å². The molecule has 3 aliphatic rings. The van der Waals surface area contributed by atoms with E-state index in [-0.39, 0.29) is 30.8 Å². The highest BCUT2D eigenvalue weighted by Crippen LogP contribution is 2.37. The number of likely N-dealkylation sites (tertiary alicyclic amines) is 1. The first-order valence-corrected chi connectivity index (χ1v) is 16.8. The summed E-state index contributed by atoms with van der Waals surface area (Å²) in [6.07, 6.45) is 6.61. The fourth-order valence-corrected chi connectivity index (χ4v) is 7.18. The minimum absolute atomic E-state index is 0.0182. The lowest BCUT2D eigenvalue weighted by Gasteiger charge is -2.41. The third-order valence-electron chi connectivity index (χ3n) is 9.53. The van der Waals surface area contributed by atoms with Crippen LogP contribution >= 0.6 is 11.6 Å². The van der Waals surface area contributed by atoms with Gasteiger partial charge in [-0.15, -0.1) is 0 Å². The molecule has 3 fully saturated rings. The van der Waals surface area contributed by atoms with E-state index in [4.69, 9.17) is 21.1 Å². The van der Waals surface area contributed by atoms with E-state index in [2.05, 4.69) is 16.0 Å². The van der Waals surface area contributed by atoms with E-state index in [9.17, 15) is 24.0 Å². The Labute approximate surface area is 276 Å². The van der Waals surface area contributed by atoms with Crippen molar-refractivity contribution >= 4 is 41.4 Å². The van der Waals surface area contributed by atoms with Gasteiger partial charge in [-0.05, 0) is 55.7 Å². The van der Waals surface area contributed by atoms with Gasteiger partial charge in [0, 0.05) is 35.0 Å². The largest absolute Gasteiger partial charge is 0.467 e. The fourth-order valence-electron chi connectivity index (χ4n) is 6.97. The molecule has 0 aromatic heterocycles. The summed E-state index contributed by atoms with van der Waals surface area (Å²) in [4.78, 5) is 67.2. The lowest BCUT2D eigenvalue weighted by Crippen LogP contribution is -2.53. The Morgan fingerprint density at radius 3 is 2.37 bits per heavy atom. The fraction of sp³-hybridized carbons (Fsp3) is 0.676. The number of alkyl carbamates (subject to hydrolysis) is 1. The number of nitrogens with zero attached hydrogens (tertiary/aromatic N) is 1. The second kappa shape index (κ2) is 15.5. The molecule has 2 saturated heterocycles. The topological polar surface area (TPSA) is 143 Å². The summed E-state index contributed by atoms with van der Waals surface area (Å²) in [5, 5.41) is 9.17. The monoisotopic (exact) mass is 660 g/mol. The van der Waals surface area contributed by atoms with Crippen molar-refractivity contribution in [2.75, 3.05) is 20.2 Å². The molecule has 3 N–H and O–H groups in total. The predicted molar refractivity (Wildman–Crippen MR) is 173 cm³/mol. The van der Waals surface area contributed by atoms with Gasteiger partial charge in [0.15, 0.2) is 0 Å². The molecule has 254 valence electrons. The molecule has 1 aromatic rings. The maximum atomic E-state index is 13.7. The lowest BCUT2D eigenvalue weighted by atomic mass is 9.81. The van der Waals surface area contributed by atoms with E-state index in [0.717, 1.165) is 32.1 Å². The van der Waals surface area contributed by atoms with Crippen LogP contribution in [0.1, 0.15) is 90.5 Å². The second-order valence-electron chi connectivity index (χ2n) is 14.2. The second-order valence-corrected chi connectivity index (χ2v) is 14.6. The number of piperidine rings is 1. The van der Waals surface area contributed by atoms with Gasteiger partial charge in [0.25, 0.3) is 0 Å². The highest BCUT2D eigenvalue weighted by atomic mass is 35.5. The number of rotatable bonds is 10. The summed E-state index contributed by atoms with van der Waals surface area (Å²) in [5.74, 6) is -1.57. The zero-order valence-electron chi connectivity index (χ0n) is 27.5. The number of carbonyl (C=O) groups is 5. The van der Waals surface area contributed by atoms with Crippen LogP contribution in [0.3, 0.4) is 0 Å². The number of hydrogen-bond donors (Lipinski definition) is 3. The Hall–Kier alpha value is -3.34. The number of esters is 1. The Kier molecular flexibility index (Phi) is 12.0. The number of methoxy groups -OCH3 is 1. The van der Waals surface area contributed by atoms with Gasteiger partial charge in [-0.3, -0.25) is 14.4 Å². The molecule has 1 spiro atoms. The van der Waals surface area contributed by atoms with Gasteiger partial charge in [-0.1, -0.05) is 76.6 Å². The molecular formula is C34H49ClN4O7. The number of carbonyl (C=O) groups excluding carboxylic acids is 5. The quantitative estimate of drug-likeness (QED) is 0.314. The average molecular weight is 661 g/mol. The van der Waals surface area contributed by atoms with Crippen molar-refractivity contribution in [3.63, 3.8) is 0 Å². The molecule has 1 unspecified atom stereocenters. The molecule has 0 bridgehead atoms. The summed E-state index contributed by atoms with van der Waals surface area (Å²) in [6, 6.07) is 4.94. The van der Waals surface area contributed by atoms with Gasteiger partial charge in [0.2, 0.25) is 17.7 Å². The number of nitrogens with one attached hydrogen (secondary N) is 3. The first-order chi connectivity index (χ1) is 21.8. The van der Waals surface area contributed by atoms with Crippen LogP contribution in [0.5, 0.6) is 0 Å². The van der Waals surface area contributed by atoms with Gasteiger partial charge in [0.1, 0.15) is 18.7 Å². The highest BCUT2D eigenvalue weighted by Gasteiger charge is 2.48. The number of halogens is 1. The van der Waals surface area contributed by atoms with Crippen molar-refractivity contribution in [2.45, 2.75) is 109 Å². The van der Waals surface area contributed by atoms with Gasteiger partial charge in [-0.2, -0.15) is 0 Å². The standard InChI is InChI=1S/C34H49ClN4O7/c1-33(2,3)31(43)39-15-13-34(14-16-39)20-24(28(40)38-34)19-27(30(42)45-4)36-29(41)26(18-22-9-6-5-7-10-22)37-32(44)46-21-23-11-8-12-25(35)17-23/h8,11-12,17,22,24,26-27H,5-7,9-10,13-16,18-21H2,1-4H3,(H,36,41)(H,37,44)(H,38,40)/t24?,26-,27-/m0/s1. The van der Waals surface area contributed by atoms with E-state index < -0.39 is 46.9 Å². The Morgan fingerprint density at radius 2 is 1.74 bits per heavy atom. The third-order valence-corrected chi connectivity index (χ3v) is 9.76. The molecule has 4 rings (SSSR count). The van der Waals surface area contributed by atoms with Crippen molar-refractivity contribution in [1.29, 1.82) is 0 Å². The van der Waals surface area contributed by atoms with Gasteiger partial charge in [0.05, 0.1) is 7.11 Å². The normalized spacial score (nSPS) is 21.2. The first kappa shape index (κ1) is 35.5. The van der Waals surface area contributed by atoms with Crippen LogP contribution in [0.15, 0.2) is 24.3 Å². The van der Waals surface area contributed by atoms with E-state index in [1.54, 1.807) is 24.3 Å². The van der Waals surface area contributed by atoms with Crippen molar-refractivity contribution in [1.82, 2.24) is 20.9 Å². The summed E-state index contributed by atoms with van der Waals surface area (Å²) in [7, 11) is 1.24. The number of benzene rings is 1. The van der Waals surface area contributed by atoms with Crippen molar-refractivity contribution < 1.29 is 33.4 Å². The zero-order valence-corrected chi connectivity index (χ0v) is 28.3. The minimum atomic E-state index is -1.08. The van der Waals surface area contributed by atoms with Crippen molar-refractivity contribution in [3.05, 3.63) is 34.9 Å². The first-order valence-electron chi connectivity index (χ1n) is 16.5. The SMILES string of the molecule is COC(=O)[C@H](CC1CC2(CCN(C(=O)C(C)(C)C)CC2)NC1=O)NC(=O)[C@H](CC1CCCCC1)NC(=O)OCc1cccc(Cl)c1. The van der Waals surface area contributed by atoms with E-state index in [1.165, 1.54) is 7.11 Å². The molecular weight excluding hydrogens is 612 g/mol.